The molecule has 14 heavy (non-hydrogen) atoms. The van der Waals surface area contributed by atoms with Gasteiger partial charge in [0.2, 0.25) is 0 Å². The average molecular weight is 192 g/mol. The summed E-state index contributed by atoms with van der Waals surface area (Å²) < 4.78 is 0. The topological polar surface area (TPSA) is 20.2 Å². The third-order valence-electron chi connectivity index (χ3n) is 2.64. The van der Waals surface area contributed by atoms with E-state index in [4.69, 9.17) is 6.42 Å². The molecular formula is C13H20O. The van der Waals surface area contributed by atoms with Crippen LogP contribution in [0.2, 0.25) is 0 Å². The summed E-state index contributed by atoms with van der Waals surface area (Å²) in [7, 11) is 0. The summed E-state index contributed by atoms with van der Waals surface area (Å²) in [6.07, 6.45) is 13.4. The molecule has 0 rings (SSSR count). The predicted octanol–water partition coefficient (Wildman–Crippen LogP) is 2.92. The van der Waals surface area contributed by atoms with Crippen LogP contribution >= 0.6 is 0 Å². The lowest BCUT2D eigenvalue weighted by Gasteiger charge is -2.27. The summed E-state index contributed by atoms with van der Waals surface area (Å²) in [4.78, 5) is 0. The maximum atomic E-state index is 9.97. The van der Waals surface area contributed by atoms with Gasteiger partial charge in [0.05, 0.1) is 0 Å². The molecule has 0 fully saturated rings. The van der Waals surface area contributed by atoms with E-state index in [2.05, 4.69) is 12.5 Å². The molecule has 0 radical (unpaired) electrons. The van der Waals surface area contributed by atoms with Gasteiger partial charge in [-0.2, -0.15) is 0 Å². The van der Waals surface area contributed by atoms with E-state index in [1.807, 2.05) is 26.0 Å². The Hall–Kier alpha value is -1.00. The van der Waals surface area contributed by atoms with Crippen molar-refractivity contribution in [3.63, 3.8) is 0 Å². The van der Waals surface area contributed by atoms with E-state index < -0.39 is 5.60 Å². The maximum absolute atomic E-state index is 9.97. The van der Waals surface area contributed by atoms with Crippen LogP contribution in [-0.4, -0.2) is 10.7 Å². The normalized spacial score (nSPS) is 17.3. The molecule has 1 heteroatoms. The molecule has 0 aliphatic carbocycles. The molecule has 0 aromatic rings. The van der Waals surface area contributed by atoms with Gasteiger partial charge in [-0.1, -0.05) is 44.6 Å². The molecule has 0 aliphatic heterocycles. The van der Waals surface area contributed by atoms with Gasteiger partial charge in [-0.05, 0) is 25.2 Å². The van der Waals surface area contributed by atoms with Gasteiger partial charge in [0, 0.05) is 0 Å². The second-order valence-corrected chi connectivity index (χ2v) is 3.56. The Balaban J connectivity index is 4.07. The van der Waals surface area contributed by atoms with Gasteiger partial charge < -0.3 is 5.11 Å². The quantitative estimate of drug-likeness (QED) is 0.507. The van der Waals surface area contributed by atoms with Gasteiger partial charge >= 0.3 is 0 Å². The second kappa shape index (κ2) is 6.45. The molecule has 2 atom stereocenters. The van der Waals surface area contributed by atoms with Crippen LogP contribution in [0.25, 0.3) is 0 Å². The summed E-state index contributed by atoms with van der Waals surface area (Å²) in [5.41, 5.74) is -0.942. The fraction of sp³-hybridized carbons (Fsp3) is 0.538. The Bertz CT molecular complexity index is 234. The Morgan fingerprint density at radius 1 is 1.64 bits per heavy atom. The van der Waals surface area contributed by atoms with Crippen LogP contribution in [-0.2, 0) is 0 Å². The largest absolute Gasteiger partial charge is 0.377 e. The van der Waals surface area contributed by atoms with Crippen molar-refractivity contribution in [1.29, 1.82) is 0 Å². The van der Waals surface area contributed by atoms with Crippen LogP contribution < -0.4 is 0 Å². The van der Waals surface area contributed by atoms with E-state index in [9.17, 15) is 5.11 Å². The zero-order chi connectivity index (χ0) is 11.0. The summed E-state index contributed by atoms with van der Waals surface area (Å²) in [6, 6.07) is 0. The zero-order valence-electron chi connectivity index (χ0n) is 9.16. The Kier molecular flexibility index (Phi) is 5.99. The molecule has 1 N–H and O–H groups in total. The summed E-state index contributed by atoms with van der Waals surface area (Å²) in [5.74, 6) is 2.61. The summed E-state index contributed by atoms with van der Waals surface area (Å²) in [6.45, 7) is 7.49. The van der Waals surface area contributed by atoms with E-state index in [1.165, 1.54) is 0 Å². The molecule has 1 nitrogen and oxygen atoms in total. The lowest BCUT2D eigenvalue weighted by Crippen LogP contribution is -2.33. The molecule has 78 valence electrons. The molecule has 0 amide bonds. The van der Waals surface area contributed by atoms with Crippen molar-refractivity contribution in [1.82, 2.24) is 0 Å². The van der Waals surface area contributed by atoms with Crippen molar-refractivity contribution in [2.24, 2.45) is 5.92 Å². The van der Waals surface area contributed by atoms with Crippen molar-refractivity contribution in [2.75, 3.05) is 0 Å². The molecule has 0 saturated heterocycles. The van der Waals surface area contributed by atoms with Crippen LogP contribution in [0.3, 0.4) is 0 Å². The average Bonchev–Trinajstić information content (AvgIpc) is 2.22. The summed E-state index contributed by atoms with van der Waals surface area (Å²) in [5, 5.41) is 9.97. The van der Waals surface area contributed by atoms with Crippen molar-refractivity contribution in [2.45, 2.75) is 38.7 Å². The van der Waals surface area contributed by atoms with Crippen LogP contribution in [0, 0.1) is 18.3 Å². The van der Waals surface area contributed by atoms with E-state index >= 15 is 0 Å². The highest BCUT2D eigenvalue weighted by Crippen LogP contribution is 2.24. The van der Waals surface area contributed by atoms with Gasteiger partial charge in [0.1, 0.15) is 5.60 Å². The lowest BCUT2D eigenvalue weighted by atomic mass is 9.84. The number of hydrogen-bond donors (Lipinski definition) is 1. The lowest BCUT2D eigenvalue weighted by molar-refractivity contribution is 0.0385. The van der Waals surface area contributed by atoms with E-state index in [0.29, 0.717) is 6.42 Å². The smallest absolute Gasteiger partial charge is 0.127 e. The second-order valence-electron chi connectivity index (χ2n) is 3.56. The number of terminal acetylenes is 1. The molecular weight excluding hydrogens is 172 g/mol. The van der Waals surface area contributed by atoms with Crippen molar-refractivity contribution in [3.05, 3.63) is 24.8 Å². The van der Waals surface area contributed by atoms with E-state index in [0.717, 1.165) is 12.8 Å². The van der Waals surface area contributed by atoms with Crippen LogP contribution in [0.1, 0.15) is 33.1 Å². The summed E-state index contributed by atoms with van der Waals surface area (Å²) >= 11 is 0. The Morgan fingerprint density at radius 3 is 2.71 bits per heavy atom. The van der Waals surface area contributed by atoms with Gasteiger partial charge in [0.25, 0.3) is 0 Å². The molecule has 0 aromatic carbocycles. The van der Waals surface area contributed by atoms with Crippen LogP contribution in [0.5, 0.6) is 0 Å². The molecule has 0 spiro atoms. The van der Waals surface area contributed by atoms with E-state index in [-0.39, 0.29) is 5.92 Å². The molecule has 0 saturated carbocycles. The number of rotatable bonds is 6. The van der Waals surface area contributed by atoms with Crippen molar-refractivity contribution in [3.8, 4) is 12.3 Å². The van der Waals surface area contributed by atoms with Gasteiger partial charge in [-0.25, -0.2) is 0 Å². The van der Waals surface area contributed by atoms with Crippen LogP contribution in [0.4, 0.5) is 0 Å². The van der Waals surface area contributed by atoms with Gasteiger partial charge in [-0.15, -0.1) is 6.42 Å². The molecule has 0 aromatic heterocycles. The number of allylic oxidation sites excluding steroid dienone is 3. The molecule has 0 aliphatic rings. The minimum atomic E-state index is -0.942. The SMILES string of the molecule is C#CC(O)(CC)C(C)CC/C=C/C=C. The highest BCUT2D eigenvalue weighted by atomic mass is 16.3. The fourth-order valence-corrected chi connectivity index (χ4v) is 1.37. The Morgan fingerprint density at radius 2 is 2.29 bits per heavy atom. The maximum Gasteiger partial charge on any atom is 0.127 e. The first-order chi connectivity index (χ1) is 6.60. The van der Waals surface area contributed by atoms with Gasteiger partial charge in [0.15, 0.2) is 0 Å². The minimum Gasteiger partial charge on any atom is -0.377 e. The van der Waals surface area contributed by atoms with Crippen molar-refractivity contribution >= 4 is 0 Å². The Labute approximate surface area is 87.5 Å². The van der Waals surface area contributed by atoms with Gasteiger partial charge in [-0.3, -0.25) is 0 Å². The molecule has 2 unspecified atom stereocenters. The third kappa shape index (κ3) is 3.81. The first kappa shape index (κ1) is 13.0. The standard InChI is InChI=1S/C13H20O/c1-5-8-9-10-11-12(4)13(14,6-2)7-3/h2,5,8-9,12,14H,1,7,10-11H2,3-4H3/b9-8+. The molecule has 0 bridgehead atoms. The highest BCUT2D eigenvalue weighted by molar-refractivity contribution is 5.09. The highest BCUT2D eigenvalue weighted by Gasteiger charge is 2.28. The fourth-order valence-electron chi connectivity index (χ4n) is 1.37. The monoisotopic (exact) mass is 192 g/mol. The first-order valence-electron chi connectivity index (χ1n) is 5.08. The number of aliphatic hydroxyl groups is 1. The first-order valence-corrected chi connectivity index (χ1v) is 5.08. The van der Waals surface area contributed by atoms with Crippen molar-refractivity contribution < 1.29 is 5.11 Å². The zero-order valence-corrected chi connectivity index (χ0v) is 9.16. The van der Waals surface area contributed by atoms with Crippen LogP contribution in [0.15, 0.2) is 24.8 Å². The molecule has 0 heterocycles. The number of hydrogen-bond acceptors (Lipinski definition) is 1. The predicted molar refractivity (Wildman–Crippen MR) is 61.8 cm³/mol. The third-order valence-corrected chi connectivity index (χ3v) is 2.64. The van der Waals surface area contributed by atoms with E-state index in [1.54, 1.807) is 6.08 Å². The minimum absolute atomic E-state index is 0.131.